The molecule has 0 aromatic heterocycles. The number of nitrogens with one attached hydrogen (secondary N) is 2. The summed E-state index contributed by atoms with van der Waals surface area (Å²) in [4.78, 5) is 12.0. The van der Waals surface area contributed by atoms with Crippen molar-refractivity contribution >= 4 is 29.6 Å². The maximum absolute atomic E-state index is 12.6. The van der Waals surface area contributed by atoms with Gasteiger partial charge in [-0.25, -0.2) is 4.79 Å². The summed E-state index contributed by atoms with van der Waals surface area (Å²) in [5.74, 6) is -0.0958. The molecule has 0 spiro atoms. The smallest absolute Gasteiger partial charge is 0.416 e. The minimum atomic E-state index is -4.43. The van der Waals surface area contributed by atoms with Crippen molar-refractivity contribution in [1.82, 2.24) is 0 Å². The normalized spacial score (nSPS) is 11.4. The number of aromatic hydroxyl groups is 2. The topological polar surface area (TPSA) is 81.6 Å². The first-order valence-electron chi connectivity index (χ1n) is 8.75. The van der Waals surface area contributed by atoms with Gasteiger partial charge >= 0.3 is 12.2 Å². The zero-order valence-corrected chi connectivity index (χ0v) is 15.4. The zero-order chi connectivity index (χ0) is 21.7. The number of carbonyl (C=O) groups excluding carboxylic acids is 1. The molecule has 0 aliphatic heterocycles. The quantitative estimate of drug-likeness (QED) is 0.399. The molecule has 2 amide bonds. The van der Waals surface area contributed by atoms with Crippen molar-refractivity contribution in [3.05, 3.63) is 83.4 Å². The highest BCUT2D eigenvalue weighted by Gasteiger charge is 2.29. The molecule has 3 rings (SSSR count). The highest BCUT2D eigenvalue weighted by Crippen LogP contribution is 2.29. The van der Waals surface area contributed by atoms with Crippen molar-refractivity contribution in [3.63, 3.8) is 0 Å². The Morgan fingerprint density at radius 3 is 1.70 bits per heavy atom. The molecule has 4 N–H and O–H groups in total. The van der Waals surface area contributed by atoms with Crippen LogP contribution in [0.2, 0.25) is 0 Å². The number of phenols is 2. The van der Waals surface area contributed by atoms with E-state index in [4.69, 9.17) is 0 Å². The highest BCUT2D eigenvalue weighted by molar-refractivity contribution is 5.99. The Labute approximate surface area is 170 Å². The van der Waals surface area contributed by atoms with Crippen molar-refractivity contribution in [2.75, 3.05) is 10.6 Å². The van der Waals surface area contributed by atoms with E-state index in [0.29, 0.717) is 11.3 Å². The summed E-state index contributed by atoms with van der Waals surface area (Å²) < 4.78 is 37.7. The molecule has 3 aromatic rings. The number of phenolic OH excluding ortho intramolecular Hbond substituents is 2. The fraction of sp³-hybridized carbons (Fsp3) is 0.0455. The number of halogens is 3. The molecule has 3 aromatic carbocycles. The number of carbonyl (C=O) groups is 1. The van der Waals surface area contributed by atoms with E-state index >= 15 is 0 Å². The van der Waals surface area contributed by atoms with Gasteiger partial charge in [0.15, 0.2) is 0 Å². The minimum Gasteiger partial charge on any atom is -0.508 e. The number of rotatable bonds is 4. The van der Waals surface area contributed by atoms with Gasteiger partial charge in [0.25, 0.3) is 0 Å². The van der Waals surface area contributed by atoms with Crippen LogP contribution in [-0.2, 0) is 6.18 Å². The molecule has 0 radical (unpaired) electrons. The molecule has 154 valence electrons. The van der Waals surface area contributed by atoms with Crippen LogP contribution in [0.1, 0.15) is 16.7 Å². The summed E-state index contributed by atoms with van der Waals surface area (Å²) >= 11 is 0. The Morgan fingerprint density at radius 2 is 1.20 bits per heavy atom. The second-order valence-corrected chi connectivity index (χ2v) is 6.39. The molecule has 0 saturated heterocycles. The van der Waals surface area contributed by atoms with Gasteiger partial charge in [-0.1, -0.05) is 24.3 Å². The average molecular weight is 414 g/mol. The second-order valence-electron chi connectivity index (χ2n) is 6.39. The molecule has 0 aliphatic rings. The fourth-order valence-electron chi connectivity index (χ4n) is 2.62. The van der Waals surface area contributed by atoms with E-state index < -0.39 is 17.8 Å². The lowest BCUT2D eigenvalue weighted by molar-refractivity contribution is -0.137. The van der Waals surface area contributed by atoms with Crippen LogP contribution >= 0.6 is 0 Å². The van der Waals surface area contributed by atoms with E-state index in [1.165, 1.54) is 30.3 Å². The predicted octanol–water partition coefficient (Wildman–Crippen LogP) is 5.93. The van der Waals surface area contributed by atoms with E-state index in [1.54, 1.807) is 36.4 Å². The van der Waals surface area contributed by atoms with Crippen LogP contribution in [0.5, 0.6) is 11.5 Å². The van der Waals surface area contributed by atoms with Crippen molar-refractivity contribution in [3.8, 4) is 11.5 Å². The Hall–Kier alpha value is -3.94. The van der Waals surface area contributed by atoms with Crippen LogP contribution in [-0.4, -0.2) is 16.2 Å². The molecular formula is C22H17F3N2O3. The molecule has 30 heavy (non-hydrogen) atoms. The Kier molecular flexibility index (Phi) is 5.96. The third-order valence-electron chi connectivity index (χ3n) is 4.03. The number of anilines is 2. The first-order chi connectivity index (χ1) is 14.2. The van der Waals surface area contributed by atoms with Gasteiger partial charge in [-0.15, -0.1) is 0 Å². The average Bonchev–Trinajstić information content (AvgIpc) is 2.66. The van der Waals surface area contributed by atoms with E-state index in [-0.39, 0.29) is 17.2 Å². The predicted molar refractivity (Wildman–Crippen MR) is 109 cm³/mol. The SMILES string of the molecule is O=C(Nc1ccc(/C=C/c2cc(O)cc(O)c2)cc1)Nc1ccc(C(F)(F)F)cc1. The molecule has 0 bridgehead atoms. The van der Waals surface area contributed by atoms with Crippen LogP contribution in [0.3, 0.4) is 0 Å². The summed E-state index contributed by atoms with van der Waals surface area (Å²) in [5, 5.41) is 24.0. The number of urea groups is 1. The van der Waals surface area contributed by atoms with E-state index in [2.05, 4.69) is 10.6 Å². The number of alkyl halides is 3. The molecular weight excluding hydrogens is 397 g/mol. The summed E-state index contributed by atoms with van der Waals surface area (Å²) in [6, 6.07) is 14.6. The third kappa shape index (κ3) is 5.78. The van der Waals surface area contributed by atoms with Crippen molar-refractivity contribution in [1.29, 1.82) is 0 Å². The van der Waals surface area contributed by atoms with Gasteiger partial charge in [-0.2, -0.15) is 13.2 Å². The standard InChI is InChI=1S/C22H17F3N2O3/c23-22(24,25)16-5-9-18(10-6-16)27-21(30)26-17-7-3-14(4-8-17)1-2-15-11-19(28)13-20(29)12-15/h1-13,28-29H,(H2,26,27,30)/b2-1+. The summed E-state index contributed by atoms with van der Waals surface area (Å²) in [5.41, 5.74) is 1.36. The fourth-order valence-corrected chi connectivity index (χ4v) is 2.62. The van der Waals surface area contributed by atoms with Crippen LogP contribution in [0.15, 0.2) is 66.7 Å². The first kappa shape index (κ1) is 20.8. The second kappa shape index (κ2) is 8.60. The molecule has 0 atom stereocenters. The van der Waals surface area contributed by atoms with Gasteiger partial charge in [-0.05, 0) is 59.7 Å². The molecule has 0 fully saturated rings. The van der Waals surface area contributed by atoms with Crippen molar-refractivity contribution in [2.45, 2.75) is 6.18 Å². The van der Waals surface area contributed by atoms with Gasteiger partial charge in [0.05, 0.1) is 5.56 Å². The third-order valence-corrected chi connectivity index (χ3v) is 4.03. The number of hydrogen-bond acceptors (Lipinski definition) is 3. The van der Waals surface area contributed by atoms with Gasteiger partial charge in [-0.3, -0.25) is 0 Å². The van der Waals surface area contributed by atoms with Gasteiger partial charge in [0.2, 0.25) is 0 Å². The lowest BCUT2D eigenvalue weighted by Crippen LogP contribution is -2.19. The monoisotopic (exact) mass is 414 g/mol. The van der Waals surface area contributed by atoms with Crippen LogP contribution in [0.4, 0.5) is 29.3 Å². The summed E-state index contributed by atoms with van der Waals surface area (Å²) in [6.45, 7) is 0. The Balaban J connectivity index is 1.58. The molecule has 8 heteroatoms. The van der Waals surface area contributed by atoms with Gasteiger partial charge in [0.1, 0.15) is 11.5 Å². The molecule has 0 saturated carbocycles. The van der Waals surface area contributed by atoms with Crippen LogP contribution < -0.4 is 10.6 Å². The lowest BCUT2D eigenvalue weighted by atomic mass is 10.1. The van der Waals surface area contributed by atoms with E-state index in [9.17, 15) is 28.2 Å². The molecule has 5 nitrogen and oxygen atoms in total. The zero-order valence-electron chi connectivity index (χ0n) is 15.4. The minimum absolute atomic E-state index is 0.0479. The molecule has 0 unspecified atom stereocenters. The van der Waals surface area contributed by atoms with Gasteiger partial charge < -0.3 is 20.8 Å². The van der Waals surface area contributed by atoms with Crippen LogP contribution in [0.25, 0.3) is 12.2 Å². The maximum atomic E-state index is 12.6. The van der Waals surface area contributed by atoms with Crippen molar-refractivity contribution < 1.29 is 28.2 Å². The summed E-state index contributed by atoms with van der Waals surface area (Å²) in [7, 11) is 0. The van der Waals surface area contributed by atoms with E-state index in [0.717, 1.165) is 17.7 Å². The molecule has 0 aliphatic carbocycles. The number of amides is 2. The van der Waals surface area contributed by atoms with Gasteiger partial charge in [0, 0.05) is 17.4 Å². The number of hydrogen-bond donors (Lipinski definition) is 4. The largest absolute Gasteiger partial charge is 0.508 e. The van der Waals surface area contributed by atoms with E-state index in [1.807, 2.05) is 0 Å². The first-order valence-corrected chi connectivity index (χ1v) is 8.75. The van der Waals surface area contributed by atoms with Crippen molar-refractivity contribution in [2.24, 2.45) is 0 Å². The Bertz CT molecular complexity index is 1040. The lowest BCUT2D eigenvalue weighted by Gasteiger charge is -2.10. The number of benzene rings is 3. The Morgan fingerprint density at radius 1 is 0.733 bits per heavy atom. The highest BCUT2D eigenvalue weighted by atomic mass is 19.4. The molecule has 0 heterocycles. The summed E-state index contributed by atoms with van der Waals surface area (Å²) in [6.07, 6.45) is -0.961. The van der Waals surface area contributed by atoms with Crippen LogP contribution in [0, 0.1) is 0 Å². The maximum Gasteiger partial charge on any atom is 0.416 e.